The van der Waals surface area contributed by atoms with E-state index >= 15 is 0 Å². The fraction of sp³-hybridized carbons (Fsp3) is 0.600. The fourth-order valence-corrected chi connectivity index (χ4v) is 3.57. The molecular formula is C20H33N3O4S. The topological polar surface area (TPSA) is 95.6 Å². The molecule has 0 aromatic heterocycles. The van der Waals surface area contributed by atoms with Crippen LogP contribution >= 0.6 is 0 Å². The zero-order valence-electron chi connectivity index (χ0n) is 17.2. The van der Waals surface area contributed by atoms with Crippen LogP contribution in [0.25, 0.3) is 0 Å². The molecule has 0 bridgehead atoms. The summed E-state index contributed by atoms with van der Waals surface area (Å²) >= 11 is 0. The van der Waals surface area contributed by atoms with Crippen molar-refractivity contribution >= 4 is 21.8 Å². The summed E-state index contributed by atoms with van der Waals surface area (Å²) in [6.45, 7) is 6.02. The minimum atomic E-state index is -3.29. The van der Waals surface area contributed by atoms with E-state index in [1.54, 1.807) is 24.3 Å². The number of nitrogens with one attached hydrogen (secondary N) is 2. The largest absolute Gasteiger partial charge is 0.352 e. The molecule has 28 heavy (non-hydrogen) atoms. The second kappa shape index (κ2) is 12.5. The zero-order chi connectivity index (χ0) is 21.0. The summed E-state index contributed by atoms with van der Waals surface area (Å²) in [6.07, 6.45) is 3.12. The predicted molar refractivity (Wildman–Crippen MR) is 111 cm³/mol. The molecule has 0 unspecified atom stereocenters. The van der Waals surface area contributed by atoms with Crippen molar-refractivity contribution in [2.24, 2.45) is 0 Å². The number of carbonyl (C=O) groups is 2. The van der Waals surface area contributed by atoms with Crippen molar-refractivity contribution in [1.29, 1.82) is 0 Å². The molecule has 0 fully saturated rings. The summed E-state index contributed by atoms with van der Waals surface area (Å²) in [5, 5.41) is 2.84. The van der Waals surface area contributed by atoms with E-state index in [9.17, 15) is 18.0 Å². The maximum Gasteiger partial charge on any atom is 0.222 e. The highest BCUT2D eigenvalue weighted by Gasteiger charge is 2.12. The van der Waals surface area contributed by atoms with Crippen molar-refractivity contribution in [3.63, 3.8) is 0 Å². The van der Waals surface area contributed by atoms with E-state index in [1.165, 1.54) is 7.05 Å². The maximum atomic E-state index is 12.2. The lowest BCUT2D eigenvalue weighted by atomic mass is 10.1. The Bertz CT molecular complexity index is 711. The second-order valence-corrected chi connectivity index (χ2v) is 8.72. The van der Waals surface area contributed by atoms with Crippen LogP contribution in [-0.2, 0) is 31.9 Å². The first-order valence-electron chi connectivity index (χ1n) is 9.84. The molecule has 0 saturated carbocycles. The number of sulfonamides is 1. The normalized spacial score (nSPS) is 11.2. The van der Waals surface area contributed by atoms with Gasteiger partial charge < -0.3 is 10.2 Å². The highest BCUT2D eigenvalue weighted by molar-refractivity contribution is 7.88. The van der Waals surface area contributed by atoms with Gasteiger partial charge in [-0.15, -0.1) is 0 Å². The first-order valence-corrected chi connectivity index (χ1v) is 11.5. The number of hydrogen-bond donors (Lipinski definition) is 2. The van der Waals surface area contributed by atoms with E-state index in [4.69, 9.17) is 0 Å². The van der Waals surface area contributed by atoms with E-state index in [0.29, 0.717) is 31.4 Å². The van der Waals surface area contributed by atoms with E-state index in [2.05, 4.69) is 23.9 Å². The average molecular weight is 412 g/mol. The van der Waals surface area contributed by atoms with Gasteiger partial charge in [0.05, 0.1) is 5.75 Å². The van der Waals surface area contributed by atoms with Crippen molar-refractivity contribution in [3.8, 4) is 0 Å². The Morgan fingerprint density at radius 2 is 1.54 bits per heavy atom. The van der Waals surface area contributed by atoms with Crippen LogP contribution in [0, 0.1) is 0 Å². The molecule has 7 nitrogen and oxygen atoms in total. The third-order valence-corrected chi connectivity index (χ3v) is 5.65. The standard InChI is InChI=1S/C20H33N3O4S/c1-4-13-23(14-5-2)20(25)8-6-7-19(24)22-15-17-9-11-18(12-10-17)16-28(26,27)21-3/h9-12,21H,4-8,13-16H2,1-3H3,(H,22,24). The Hall–Kier alpha value is -1.93. The molecule has 1 aromatic rings. The van der Waals surface area contributed by atoms with Gasteiger partial charge in [-0.2, -0.15) is 0 Å². The van der Waals surface area contributed by atoms with E-state index in [1.807, 2.05) is 4.90 Å². The molecule has 158 valence electrons. The van der Waals surface area contributed by atoms with Gasteiger partial charge >= 0.3 is 0 Å². The highest BCUT2D eigenvalue weighted by atomic mass is 32.2. The number of rotatable bonds is 13. The smallest absolute Gasteiger partial charge is 0.222 e. The van der Waals surface area contributed by atoms with Crippen LogP contribution in [0.3, 0.4) is 0 Å². The maximum absolute atomic E-state index is 12.2. The van der Waals surface area contributed by atoms with Gasteiger partial charge in [-0.1, -0.05) is 38.1 Å². The summed E-state index contributed by atoms with van der Waals surface area (Å²) in [4.78, 5) is 26.0. The number of carbonyl (C=O) groups excluding carboxylic acids is 2. The summed E-state index contributed by atoms with van der Waals surface area (Å²) in [7, 11) is -1.91. The molecule has 0 spiro atoms. The van der Waals surface area contributed by atoms with Crippen molar-refractivity contribution in [2.45, 2.75) is 58.2 Å². The van der Waals surface area contributed by atoms with Crippen molar-refractivity contribution in [1.82, 2.24) is 14.9 Å². The van der Waals surface area contributed by atoms with Crippen LogP contribution in [0.4, 0.5) is 0 Å². The van der Waals surface area contributed by atoms with Crippen molar-refractivity contribution < 1.29 is 18.0 Å². The second-order valence-electron chi connectivity index (χ2n) is 6.79. The molecule has 0 aliphatic rings. The quantitative estimate of drug-likeness (QED) is 0.520. The molecular weight excluding hydrogens is 378 g/mol. The number of hydrogen-bond acceptors (Lipinski definition) is 4. The van der Waals surface area contributed by atoms with Crippen LogP contribution < -0.4 is 10.0 Å². The SMILES string of the molecule is CCCN(CCC)C(=O)CCCC(=O)NCc1ccc(CS(=O)(=O)NC)cc1. The monoisotopic (exact) mass is 411 g/mol. The number of amides is 2. The van der Waals surface area contributed by atoms with Crippen molar-refractivity contribution in [2.75, 3.05) is 20.1 Å². The molecule has 8 heteroatoms. The molecule has 0 aliphatic carbocycles. The minimum absolute atomic E-state index is 0.0722. The summed E-state index contributed by atoms with van der Waals surface area (Å²) in [5.41, 5.74) is 1.58. The predicted octanol–water partition coefficient (Wildman–Crippen LogP) is 2.17. The van der Waals surface area contributed by atoms with E-state index < -0.39 is 10.0 Å². The molecule has 2 N–H and O–H groups in total. The Balaban J connectivity index is 2.35. The number of benzene rings is 1. The number of nitrogens with zero attached hydrogens (tertiary/aromatic N) is 1. The van der Waals surface area contributed by atoms with Gasteiger partial charge in [0.15, 0.2) is 0 Å². The molecule has 0 aliphatic heterocycles. The van der Waals surface area contributed by atoms with Crippen molar-refractivity contribution in [3.05, 3.63) is 35.4 Å². The lowest BCUT2D eigenvalue weighted by Gasteiger charge is -2.21. The molecule has 2 amide bonds. The van der Waals surface area contributed by atoms with Gasteiger partial charge in [0.25, 0.3) is 0 Å². The van der Waals surface area contributed by atoms with Gasteiger partial charge in [-0.3, -0.25) is 9.59 Å². The Kier molecular flexibility index (Phi) is 10.8. The van der Waals surface area contributed by atoms with Gasteiger partial charge in [-0.25, -0.2) is 13.1 Å². The molecule has 0 saturated heterocycles. The van der Waals surface area contributed by atoms with Crippen LogP contribution in [0.2, 0.25) is 0 Å². The van der Waals surface area contributed by atoms with Crippen LogP contribution in [0.5, 0.6) is 0 Å². The first-order chi connectivity index (χ1) is 13.3. The van der Waals surface area contributed by atoms with Gasteiger partial charge in [0.2, 0.25) is 21.8 Å². The third-order valence-electron chi connectivity index (χ3n) is 4.31. The molecule has 0 heterocycles. The fourth-order valence-electron chi connectivity index (χ4n) is 2.79. The Labute approximate surface area is 168 Å². The summed E-state index contributed by atoms with van der Waals surface area (Å²) < 4.78 is 25.4. The van der Waals surface area contributed by atoms with Gasteiger partial charge in [-0.05, 0) is 37.4 Å². The summed E-state index contributed by atoms with van der Waals surface area (Å²) in [5.74, 6) is -0.0483. The summed E-state index contributed by atoms with van der Waals surface area (Å²) in [6, 6.07) is 7.09. The van der Waals surface area contributed by atoms with Crippen LogP contribution in [-0.4, -0.2) is 45.3 Å². The van der Waals surface area contributed by atoms with Gasteiger partial charge in [0, 0.05) is 32.5 Å². The van der Waals surface area contributed by atoms with Crippen LogP contribution in [0.1, 0.15) is 57.1 Å². The molecule has 0 radical (unpaired) electrons. The van der Waals surface area contributed by atoms with E-state index in [-0.39, 0.29) is 17.6 Å². The zero-order valence-corrected chi connectivity index (χ0v) is 18.0. The molecule has 0 atom stereocenters. The first kappa shape index (κ1) is 24.1. The lowest BCUT2D eigenvalue weighted by Crippen LogP contribution is -2.32. The molecule has 1 rings (SSSR count). The highest BCUT2D eigenvalue weighted by Crippen LogP contribution is 2.08. The van der Waals surface area contributed by atoms with E-state index in [0.717, 1.165) is 31.5 Å². The average Bonchev–Trinajstić information content (AvgIpc) is 2.67. The molecule has 1 aromatic carbocycles. The third kappa shape index (κ3) is 9.32. The lowest BCUT2D eigenvalue weighted by molar-refractivity contribution is -0.131. The van der Waals surface area contributed by atoms with Crippen LogP contribution in [0.15, 0.2) is 24.3 Å². The van der Waals surface area contributed by atoms with Gasteiger partial charge in [0.1, 0.15) is 0 Å². The Morgan fingerprint density at radius 3 is 2.07 bits per heavy atom. The minimum Gasteiger partial charge on any atom is -0.352 e. The Morgan fingerprint density at radius 1 is 0.964 bits per heavy atom.